The standard InChI is InChI=1S/C25H23N3O5/c1-30-17-9-7-16(8-10-17)23-26-24(33-27-23)22-15-28(13-14-32-22)25(29)20-11-12-21(31-2)19-6-4-3-5-18(19)20/h3-12,22H,13-15H2,1-2H3/t22-/m0/s1. The summed E-state index contributed by atoms with van der Waals surface area (Å²) in [5.41, 5.74) is 1.43. The maximum atomic E-state index is 13.4. The van der Waals surface area contributed by atoms with E-state index in [9.17, 15) is 4.79 Å². The number of rotatable bonds is 5. The molecule has 1 saturated heterocycles. The number of carbonyl (C=O) groups excluding carboxylic acids is 1. The van der Waals surface area contributed by atoms with Gasteiger partial charge in [-0.15, -0.1) is 0 Å². The summed E-state index contributed by atoms with van der Waals surface area (Å²) >= 11 is 0. The summed E-state index contributed by atoms with van der Waals surface area (Å²) in [4.78, 5) is 19.7. The number of hydrogen-bond acceptors (Lipinski definition) is 7. The minimum absolute atomic E-state index is 0.0722. The van der Waals surface area contributed by atoms with Crippen LogP contribution in [0.15, 0.2) is 65.2 Å². The normalized spacial score (nSPS) is 16.1. The van der Waals surface area contributed by atoms with Gasteiger partial charge < -0.3 is 23.6 Å². The molecular weight excluding hydrogens is 422 g/mol. The van der Waals surface area contributed by atoms with Crippen LogP contribution in [0.2, 0.25) is 0 Å². The number of methoxy groups -OCH3 is 2. The number of benzene rings is 3. The lowest BCUT2D eigenvalue weighted by molar-refractivity contribution is -0.0366. The quantitative estimate of drug-likeness (QED) is 0.457. The predicted molar refractivity (Wildman–Crippen MR) is 121 cm³/mol. The SMILES string of the molecule is COc1ccc(-c2noc([C@@H]3CN(C(=O)c4ccc(OC)c5ccccc45)CCO3)n2)cc1. The van der Waals surface area contributed by atoms with Gasteiger partial charge in [-0.1, -0.05) is 29.4 Å². The molecule has 0 bridgehead atoms. The van der Waals surface area contributed by atoms with Crippen molar-refractivity contribution in [2.24, 2.45) is 0 Å². The highest BCUT2D eigenvalue weighted by Crippen LogP contribution is 2.31. The molecule has 3 aromatic carbocycles. The fourth-order valence-corrected chi connectivity index (χ4v) is 4.01. The van der Waals surface area contributed by atoms with Gasteiger partial charge in [-0.05, 0) is 41.8 Å². The number of aromatic nitrogens is 2. The molecule has 1 atom stereocenters. The van der Waals surface area contributed by atoms with Crippen molar-refractivity contribution in [3.8, 4) is 22.9 Å². The van der Waals surface area contributed by atoms with Crippen LogP contribution in [0.5, 0.6) is 11.5 Å². The molecule has 0 N–H and O–H groups in total. The van der Waals surface area contributed by atoms with E-state index >= 15 is 0 Å². The Morgan fingerprint density at radius 1 is 1.00 bits per heavy atom. The first-order valence-corrected chi connectivity index (χ1v) is 10.6. The number of ether oxygens (including phenoxy) is 3. The van der Waals surface area contributed by atoms with E-state index in [0.29, 0.717) is 37.0 Å². The average Bonchev–Trinajstić information content (AvgIpc) is 3.38. The highest BCUT2D eigenvalue weighted by atomic mass is 16.5. The third-order valence-electron chi connectivity index (χ3n) is 5.75. The zero-order chi connectivity index (χ0) is 22.8. The van der Waals surface area contributed by atoms with Gasteiger partial charge in [-0.3, -0.25) is 4.79 Å². The van der Waals surface area contributed by atoms with Crippen LogP contribution in [-0.4, -0.2) is 54.9 Å². The first kappa shape index (κ1) is 21.0. The third kappa shape index (κ3) is 4.01. The highest BCUT2D eigenvalue weighted by molar-refractivity contribution is 6.08. The second-order valence-corrected chi connectivity index (χ2v) is 7.66. The van der Waals surface area contributed by atoms with Crippen LogP contribution in [0, 0.1) is 0 Å². The smallest absolute Gasteiger partial charge is 0.257 e. The predicted octanol–water partition coefficient (Wildman–Crippen LogP) is 4.12. The Morgan fingerprint density at radius 2 is 1.79 bits per heavy atom. The number of nitrogens with zero attached hydrogens (tertiary/aromatic N) is 3. The van der Waals surface area contributed by atoms with E-state index in [1.165, 1.54) is 0 Å². The van der Waals surface area contributed by atoms with Crippen molar-refractivity contribution in [1.29, 1.82) is 0 Å². The molecule has 0 spiro atoms. The Kier molecular flexibility index (Phi) is 5.66. The summed E-state index contributed by atoms with van der Waals surface area (Å²) in [6, 6.07) is 18.8. The number of fused-ring (bicyclic) bond motifs is 1. The van der Waals surface area contributed by atoms with Gasteiger partial charge in [0, 0.05) is 23.1 Å². The van der Waals surface area contributed by atoms with Gasteiger partial charge in [0.1, 0.15) is 11.5 Å². The summed E-state index contributed by atoms with van der Waals surface area (Å²) < 4.78 is 22.0. The van der Waals surface area contributed by atoms with E-state index in [0.717, 1.165) is 27.8 Å². The van der Waals surface area contributed by atoms with Gasteiger partial charge in [-0.2, -0.15) is 4.98 Å². The first-order chi connectivity index (χ1) is 16.2. The Bertz CT molecular complexity index is 1280. The lowest BCUT2D eigenvalue weighted by atomic mass is 10.0. The molecule has 1 aliphatic rings. The van der Waals surface area contributed by atoms with Crippen LogP contribution in [0.4, 0.5) is 0 Å². The van der Waals surface area contributed by atoms with E-state index in [1.807, 2.05) is 60.7 Å². The highest BCUT2D eigenvalue weighted by Gasteiger charge is 2.31. The maximum absolute atomic E-state index is 13.4. The van der Waals surface area contributed by atoms with E-state index in [4.69, 9.17) is 18.7 Å². The molecule has 8 nitrogen and oxygen atoms in total. The summed E-state index contributed by atoms with van der Waals surface area (Å²) in [6.07, 6.45) is -0.494. The average molecular weight is 445 g/mol. The van der Waals surface area contributed by atoms with Gasteiger partial charge in [0.2, 0.25) is 5.82 Å². The van der Waals surface area contributed by atoms with Crippen LogP contribution in [0.1, 0.15) is 22.4 Å². The molecule has 0 aliphatic carbocycles. The van der Waals surface area contributed by atoms with Crippen LogP contribution in [0.25, 0.3) is 22.2 Å². The molecule has 1 amide bonds. The Balaban J connectivity index is 1.37. The number of carbonyl (C=O) groups is 1. The van der Waals surface area contributed by atoms with Crippen molar-refractivity contribution >= 4 is 16.7 Å². The molecule has 0 unspecified atom stereocenters. The monoisotopic (exact) mass is 445 g/mol. The van der Waals surface area contributed by atoms with Gasteiger partial charge >= 0.3 is 0 Å². The second kappa shape index (κ2) is 8.91. The van der Waals surface area contributed by atoms with Crippen molar-refractivity contribution in [3.63, 3.8) is 0 Å². The number of amides is 1. The molecule has 1 aliphatic heterocycles. The lowest BCUT2D eigenvalue weighted by Gasteiger charge is -2.31. The van der Waals surface area contributed by atoms with Crippen LogP contribution >= 0.6 is 0 Å². The molecule has 2 heterocycles. The van der Waals surface area contributed by atoms with E-state index < -0.39 is 6.10 Å². The molecule has 4 aromatic rings. The first-order valence-electron chi connectivity index (χ1n) is 10.6. The summed E-state index contributed by atoms with van der Waals surface area (Å²) in [6.45, 7) is 1.18. The van der Waals surface area contributed by atoms with Crippen LogP contribution in [-0.2, 0) is 4.74 Å². The van der Waals surface area contributed by atoms with Crippen LogP contribution in [0.3, 0.4) is 0 Å². The van der Waals surface area contributed by atoms with Gasteiger partial charge in [0.15, 0.2) is 6.10 Å². The summed E-state index contributed by atoms with van der Waals surface area (Å²) in [5, 5.41) is 5.83. The van der Waals surface area contributed by atoms with Gasteiger partial charge in [-0.25, -0.2) is 0 Å². The van der Waals surface area contributed by atoms with E-state index in [1.54, 1.807) is 19.1 Å². The fourth-order valence-electron chi connectivity index (χ4n) is 4.01. The molecule has 168 valence electrons. The molecular formula is C25H23N3O5. The Hall–Kier alpha value is -3.91. The molecule has 8 heteroatoms. The fraction of sp³-hybridized carbons (Fsp3) is 0.240. The molecule has 0 radical (unpaired) electrons. The Morgan fingerprint density at radius 3 is 2.55 bits per heavy atom. The van der Waals surface area contributed by atoms with Crippen molar-refractivity contribution in [3.05, 3.63) is 72.1 Å². The summed E-state index contributed by atoms with van der Waals surface area (Å²) in [5.74, 6) is 2.22. The van der Waals surface area contributed by atoms with Crippen molar-refractivity contribution in [2.75, 3.05) is 33.9 Å². The van der Waals surface area contributed by atoms with Gasteiger partial charge in [0.25, 0.3) is 11.8 Å². The summed E-state index contributed by atoms with van der Waals surface area (Å²) in [7, 11) is 3.24. The van der Waals surface area contributed by atoms with E-state index in [2.05, 4.69) is 10.1 Å². The zero-order valence-electron chi connectivity index (χ0n) is 18.4. The van der Waals surface area contributed by atoms with Gasteiger partial charge in [0.05, 0.1) is 27.4 Å². The topological polar surface area (TPSA) is 86.9 Å². The van der Waals surface area contributed by atoms with Crippen LogP contribution < -0.4 is 9.47 Å². The second-order valence-electron chi connectivity index (χ2n) is 7.66. The van der Waals surface area contributed by atoms with E-state index in [-0.39, 0.29) is 5.91 Å². The molecule has 1 fully saturated rings. The minimum atomic E-state index is -0.494. The molecule has 33 heavy (non-hydrogen) atoms. The largest absolute Gasteiger partial charge is 0.497 e. The molecule has 1 aromatic heterocycles. The third-order valence-corrected chi connectivity index (χ3v) is 5.75. The zero-order valence-corrected chi connectivity index (χ0v) is 18.4. The molecule has 5 rings (SSSR count). The minimum Gasteiger partial charge on any atom is -0.497 e. The van der Waals surface area contributed by atoms with Crippen molar-refractivity contribution < 1.29 is 23.5 Å². The Labute approximate surface area is 190 Å². The maximum Gasteiger partial charge on any atom is 0.257 e. The molecule has 0 saturated carbocycles. The number of morpholine rings is 1. The lowest BCUT2D eigenvalue weighted by Crippen LogP contribution is -2.42. The number of hydrogen-bond donors (Lipinski definition) is 0. The van der Waals surface area contributed by atoms with Crippen molar-refractivity contribution in [2.45, 2.75) is 6.10 Å². The van der Waals surface area contributed by atoms with Crippen molar-refractivity contribution in [1.82, 2.24) is 15.0 Å².